The Morgan fingerprint density at radius 2 is 1.59 bits per heavy atom. The van der Waals surface area contributed by atoms with Crippen molar-refractivity contribution < 1.29 is 27.5 Å². The molecule has 0 aliphatic heterocycles. The Hall–Kier alpha value is -3.03. The number of halogens is 3. The molecule has 27 heavy (non-hydrogen) atoms. The molecule has 2 amide bonds. The summed E-state index contributed by atoms with van der Waals surface area (Å²) in [5.41, 5.74) is 5.73. The highest BCUT2D eigenvalue weighted by Crippen LogP contribution is 2.29. The van der Waals surface area contributed by atoms with Crippen LogP contribution < -0.4 is 15.8 Å². The van der Waals surface area contributed by atoms with E-state index >= 15 is 0 Å². The number of methoxy groups -OCH3 is 1. The van der Waals surface area contributed by atoms with Crippen molar-refractivity contribution in [2.24, 2.45) is 5.73 Å². The van der Waals surface area contributed by atoms with E-state index in [9.17, 15) is 22.8 Å². The van der Waals surface area contributed by atoms with Crippen LogP contribution in [0.2, 0.25) is 0 Å². The molecule has 2 rings (SSSR count). The third-order valence-electron chi connectivity index (χ3n) is 3.92. The highest BCUT2D eigenvalue weighted by molar-refractivity contribution is 5.87. The van der Waals surface area contributed by atoms with Gasteiger partial charge in [-0.1, -0.05) is 24.3 Å². The van der Waals surface area contributed by atoms with Crippen molar-refractivity contribution in [1.82, 2.24) is 5.32 Å². The Morgan fingerprint density at radius 3 is 2.07 bits per heavy atom. The van der Waals surface area contributed by atoms with E-state index in [1.807, 2.05) is 0 Å². The highest BCUT2D eigenvalue weighted by atomic mass is 19.4. The van der Waals surface area contributed by atoms with Crippen LogP contribution in [0.25, 0.3) is 0 Å². The number of rotatable bonds is 7. The van der Waals surface area contributed by atoms with Gasteiger partial charge in [-0.15, -0.1) is 0 Å². The van der Waals surface area contributed by atoms with Gasteiger partial charge in [0.2, 0.25) is 11.8 Å². The molecule has 0 spiro atoms. The monoisotopic (exact) mass is 380 g/mol. The molecule has 0 aromatic heterocycles. The number of benzene rings is 2. The second-order valence-electron chi connectivity index (χ2n) is 5.95. The standard InChI is InChI=1S/C19H19F3N2O3/c1-27-15-8-4-12(5-9-15)10-16(18(23)26)24-17(25)11-13-2-6-14(7-3-13)19(20,21)22/h2-9,16H,10-11H2,1H3,(H2,23,26)(H,24,25)/t16-/m1/s1. The molecule has 8 heteroatoms. The van der Waals surface area contributed by atoms with Gasteiger partial charge in [0.1, 0.15) is 11.8 Å². The average molecular weight is 380 g/mol. The molecule has 0 saturated carbocycles. The number of nitrogens with two attached hydrogens (primary N) is 1. The Kier molecular flexibility index (Phi) is 6.44. The van der Waals surface area contributed by atoms with Gasteiger partial charge in [0.25, 0.3) is 0 Å². The van der Waals surface area contributed by atoms with Crippen molar-refractivity contribution >= 4 is 11.8 Å². The first-order chi connectivity index (χ1) is 12.7. The Morgan fingerprint density at radius 1 is 1.04 bits per heavy atom. The maximum atomic E-state index is 12.6. The summed E-state index contributed by atoms with van der Waals surface area (Å²) >= 11 is 0. The minimum atomic E-state index is -4.43. The lowest BCUT2D eigenvalue weighted by molar-refractivity contribution is -0.137. The number of amides is 2. The number of alkyl halides is 3. The number of carbonyl (C=O) groups excluding carboxylic acids is 2. The molecule has 3 N–H and O–H groups in total. The zero-order valence-electron chi connectivity index (χ0n) is 14.5. The van der Waals surface area contributed by atoms with Gasteiger partial charge in [-0.25, -0.2) is 0 Å². The van der Waals surface area contributed by atoms with E-state index in [1.165, 1.54) is 19.2 Å². The van der Waals surface area contributed by atoms with E-state index in [0.717, 1.165) is 17.7 Å². The molecular formula is C19H19F3N2O3. The van der Waals surface area contributed by atoms with E-state index in [1.54, 1.807) is 24.3 Å². The first-order valence-corrected chi connectivity index (χ1v) is 8.07. The molecule has 1 atom stereocenters. The van der Waals surface area contributed by atoms with Crippen LogP contribution >= 0.6 is 0 Å². The smallest absolute Gasteiger partial charge is 0.416 e. The van der Waals surface area contributed by atoms with Crippen LogP contribution in [0.4, 0.5) is 13.2 Å². The normalized spacial score (nSPS) is 12.3. The summed E-state index contributed by atoms with van der Waals surface area (Å²) in [5, 5.41) is 2.52. The maximum Gasteiger partial charge on any atom is 0.416 e. The lowest BCUT2D eigenvalue weighted by Gasteiger charge is -2.16. The third kappa shape index (κ3) is 6.02. The highest BCUT2D eigenvalue weighted by Gasteiger charge is 2.30. The van der Waals surface area contributed by atoms with Gasteiger partial charge < -0.3 is 15.8 Å². The van der Waals surface area contributed by atoms with Crippen molar-refractivity contribution in [3.8, 4) is 5.75 Å². The van der Waals surface area contributed by atoms with E-state index in [-0.39, 0.29) is 12.8 Å². The van der Waals surface area contributed by atoms with Crippen molar-refractivity contribution in [2.75, 3.05) is 7.11 Å². The molecule has 0 unspecified atom stereocenters. The first kappa shape index (κ1) is 20.3. The Labute approximate surface area is 154 Å². The van der Waals surface area contributed by atoms with Crippen LogP contribution in [0.5, 0.6) is 5.75 Å². The second-order valence-corrected chi connectivity index (χ2v) is 5.95. The number of carbonyl (C=O) groups is 2. The summed E-state index contributed by atoms with van der Waals surface area (Å²) < 4.78 is 42.7. The van der Waals surface area contributed by atoms with Crippen LogP contribution in [-0.2, 0) is 28.6 Å². The fourth-order valence-corrected chi connectivity index (χ4v) is 2.46. The van der Waals surface area contributed by atoms with E-state index in [2.05, 4.69) is 5.32 Å². The number of hydrogen-bond donors (Lipinski definition) is 2. The molecule has 0 radical (unpaired) electrons. The van der Waals surface area contributed by atoms with Crippen LogP contribution in [0, 0.1) is 0 Å². The second kappa shape index (κ2) is 8.57. The molecule has 144 valence electrons. The molecule has 0 heterocycles. The zero-order valence-corrected chi connectivity index (χ0v) is 14.5. The van der Waals surface area contributed by atoms with Crippen LogP contribution in [0.15, 0.2) is 48.5 Å². The predicted octanol–water partition coefficient (Wildman–Crippen LogP) is 2.47. The third-order valence-corrected chi connectivity index (χ3v) is 3.92. The number of ether oxygens (including phenoxy) is 1. The van der Waals surface area contributed by atoms with Crippen LogP contribution in [-0.4, -0.2) is 25.0 Å². The Bertz CT molecular complexity index is 787. The zero-order chi connectivity index (χ0) is 20.0. The van der Waals surface area contributed by atoms with E-state index in [0.29, 0.717) is 11.3 Å². The minimum Gasteiger partial charge on any atom is -0.497 e. The molecule has 0 fully saturated rings. The first-order valence-electron chi connectivity index (χ1n) is 8.07. The number of hydrogen-bond acceptors (Lipinski definition) is 3. The molecule has 2 aromatic rings. The molecule has 0 bridgehead atoms. The summed E-state index contributed by atoms with van der Waals surface area (Å²) in [6, 6.07) is 10.3. The molecule has 5 nitrogen and oxygen atoms in total. The number of nitrogens with one attached hydrogen (secondary N) is 1. The van der Waals surface area contributed by atoms with E-state index in [4.69, 9.17) is 10.5 Å². The van der Waals surface area contributed by atoms with Gasteiger partial charge in [0.15, 0.2) is 0 Å². The predicted molar refractivity (Wildman–Crippen MR) is 93.0 cm³/mol. The van der Waals surface area contributed by atoms with Gasteiger partial charge in [-0.3, -0.25) is 9.59 Å². The van der Waals surface area contributed by atoms with Gasteiger partial charge >= 0.3 is 6.18 Å². The quantitative estimate of drug-likeness (QED) is 0.774. The van der Waals surface area contributed by atoms with Gasteiger partial charge in [0.05, 0.1) is 19.1 Å². The Balaban J connectivity index is 1.98. The molecule has 0 aliphatic rings. The minimum absolute atomic E-state index is 0.162. The lowest BCUT2D eigenvalue weighted by Crippen LogP contribution is -2.46. The molecule has 0 saturated heterocycles. The lowest BCUT2D eigenvalue weighted by atomic mass is 10.0. The average Bonchev–Trinajstić information content (AvgIpc) is 2.61. The maximum absolute atomic E-state index is 12.6. The number of primary amides is 1. The molecule has 2 aromatic carbocycles. The van der Waals surface area contributed by atoms with Crippen molar-refractivity contribution in [2.45, 2.75) is 25.1 Å². The fourth-order valence-electron chi connectivity index (χ4n) is 2.46. The summed E-state index contributed by atoms with van der Waals surface area (Å²) in [7, 11) is 1.53. The molecular weight excluding hydrogens is 361 g/mol. The van der Waals surface area contributed by atoms with Gasteiger partial charge in [-0.05, 0) is 35.4 Å². The summed E-state index contributed by atoms with van der Waals surface area (Å²) in [4.78, 5) is 23.8. The van der Waals surface area contributed by atoms with Crippen LogP contribution in [0.3, 0.4) is 0 Å². The van der Waals surface area contributed by atoms with Gasteiger partial charge in [0, 0.05) is 6.42 Å². The van der Waals surface area contributed by atoms with Crippen molar-refractivity contribution in [1.29, 1.82) is 0 Å². The van der Waals surface area contributed by atoms with Crippen molar-refractivity contribution in [3.05, 3.63) is 65.2 Å². The van der Waals surface area contributed by atoms with Crippen molar-refractivity contribution in [3.63, 3.8) is 0 Å². The molecule has 0 aliphatic carbocycles. The largest absolute Gasteiger partial charge is 0.497 e. The van der Waals surface area contributed by atoms with Crippen LogP contribution in [0.1, 0.15) is 16.7 Å². The van der Waals surface area contributed by atoms with E-state index < -0.39 is 29.6 Å². The fraction of sp³-hybridized carbons (Fsp3) is 0.263. The SMILES string of the molecule is COc1ccc(C[C@@H](NC(=O)Cc2ccc(C(F)(F)F)cc2)C(N)=O)cc1. The van der Waals surface area contributed by atoms with Gasteiger partial charge in [-0.2, -0.15) is 13.2 Å². The topological polar surface area (TPSA) is 81.4 Å². The summed E-state index contributed by atoms with van der Waals surface area (Å²) in [5.74, 6) is -0.556. The summed E-state index contributed by atoms with van der Waals surface area (Å²) in [6.07, 6.45) is -4.40. The summed E-state index contributed by atoms with van der Waals surface area (Å²) in [6.45, 7) is 0.